The van der Waals surface area contributed by atoms with Crippen LogP contribution >= 0.6 is 11.3 Å². The summed E-state index contributed by atoms with van der Waals surface area (Å²) in [7, 11) is 0. The quantitative estimate of drug-likeness (QED) is 0.903. The highest BCUT2D eigenvalue weighted by Gasteiger charge is 2.30. The maximum atomic E-state index is 12.7. The zero-order valence-electron chi connectivity index (χ0n) is 11.2. The molecule has 2 nitrogen and oxygen atoms in total. The molecule has 0 amide bonds. The van der Waals surface area contributed by atoms with Gasteiger partial charge >= 0.3 is 6.18 Å². The number of thiazole rings is 1. The van der Waals surface area contributed by atoms with E-state index in [1.54, 1.807) is 23.8 Å². The summed E-state index contributed by atoms with van der Waals surface area (Å²) in [5.41, 5.74) is 3.47. The van der Waals surface area contributed by atoms with Crippen LogP contribution in [0.25, 0.3) is 0 Å². The molecule has 1 aromatic carbocycles. The molecule has 0 saturated heterocycles. The molecule has 0 aliphatic carbocycles. The van der Waals surface area contributed by atoms with E-state index in [4.69, 9.17) is 0 Å². The highest BCUT2D eigenvalue weighted by atomic mass is 32.1. The number of halogens is 3. The highest BCUT2D eigenvalue weighted by Crippen LogP contribution is 2.32. The molecule has 1 aromatic heterocycles. The normalized spacial score (nSPS) is 11.7. The lowest BCUT2D eigenvalue weighted by Gasteiger charge is -2.13. The van der Waals surface area contributed by atoms with Crippen LogP contribution in [0.2, 0.25) is 0 Å². The molecular formula is C14H15F3N2S. The second kappa shape index (κ2) is 5.83. The Bertz CT molecular complexity index is 590. The Labute approximate surface area is 119 Å². The van der Waals surface area contributed by atoms with Crippen molar-refractivity contribution in [2.45, 2.75) is 26.4 Å². The number of nitrogens with one attached hydrogen (secondary N) is 1. The van der Waals surface area contributed by atoms with Crippen LogP contribution in [0.3, 0.4) is 0 Å². The van der Waals surface area contributed by atoms with Gasteiger partial charge < -0.3 is 5.32 Å². The molecule has 0 fully saturated rings. The van der Waals surface area contributed by atoms with Crippen LogP contribution in [0.4, 0.5) is 18.9 Å². The summed E-state index contributed by atoms with van der Waals surface area (Å²) in [4.78, 5) is 5.30. The molecule has 20 heavy (non-hydrogen) atoms. The van der Waals surface area contributed by atoms with E-state index in [0.29, 0.717) is 12.2 Å². The summed E-state index contributed by atoms with van der Waals surface area (Å²) < 4.78 is 38.0. The van der Waals surface area contributed by atoms with Gasteiger partial charge in [-0.2, -0.15) is 13.2 Å². The molecule has 108 valence electrons. The summed E-state index contributed by atoms with van der Waals surface area (Å²) in [6, 6.07) is 3.76. The Morgan fingerprint density at radius 1 is 1.25 bits per heavy atom. The zero-order valence-corrected chi connectivity index (χ0v) is 12.0. The third-order valence-electron chi connectivity index (χ3n) is 3.08. The smallest absolute Gasteiger partial charge is 0.384 e. The number of hydrogen-bond acceptors (Lipinski definition) is 3. The maximum absolute atomic E-state index is 12.7. The van der Waals surface area contributed by atoms with Crippen LogP contribution in [0.15, 0.2) is 23.7 Å². The van der Waals surface area contributed by atoms with Crippen molar-refractivity contribution in [3.63, 3.8) is 0 Å². The van der Waals surface area contributed by atoms with Crippen LogP contribution in [0, 0.1) is 13.8 Å². The molecule has 6 heteroatoms. The molecule has 0 spiro atoms. The Kier molecular flexibility index (Phi) is 4.32. The van der Waals surface area contributed by atoms with Gasteiger partial charge in [-0.05, 0) is 31.5 Å². The van der Waals surface area contributed by atoms with Crippen molar-refractivity contribution in [3.05, 3.63) is 45.4 Å². The van der Waals surface area contributed by atoms with Crippen LogP contribution in [0.5, 0.6) is 0 Å². The van der Waals surface area contributed by atoms with Crippen molar-refractivity contribution in [1.29, 1.82) is 0 Å². The fourth-order valence-corrected chi connectivity index (χ4v) is 2.65. The van der Waals surface area contributed by atoms with Gasteiger partial charge in [0.05, 0.1) is 16.8 Å². The molecule has 2 rings (SSSR count). The van der Waals surface area contributed by atoms with Gasteiger partial charge in [-0.15, -0.1) is 11.3 Å². The predicted molar refractivity (Wildman–Crippen MR) is 75.2 cm³/mol. The number of hydrogen-bond donors (Lipinski definition) is 1. The molecule has 2 aromatic rings. The summed E-state index contributed by atoms with van der Waals surface area (Å²) in [5.74, 6) is 0. The minimum absolute atomic E-state index is 0.530. The maximum Gasteiger partial charge on any atom is 0.416 e. The lowest BCUT2D eigenvalue weighted by atomic mass is 10.1. The lowest BCUT2D eigenvalue weighted by molar-refractivity contribution is -0.137. The highest BCUT2D eigenvalue weighted by molar-refractivity contribution is 7.09. The average Bonchev–Trinajstić information content (AvgIpc) is 2.76. The van der Waals surface area contributed by atoms with Gasteiger partial charge in [0.15, 0.2) is 0 Å². The molecular weight excluding hydrogens is 285 g/mol. The number of aromatic nitrogens is 1. The largest absolute Gasteiger partial charge is 0.416 e. The second-order valence-corrected chi connectivity index (χ2v) is 5.50. The van der Waals surface area contributed by atoms with Gasteiger partial charge in [-0.25, -0.2) is 4.98 Å². The molecule has 0 unspecified atom stereocenters. The third-order valence-corrected chi connectivity index (χ3v) is 4.07. The molecule has 0 saturated carbocycles. The number of anilines is 1. The number of rotatable bonds is 4. The van der Waals surface area contributed by atoms with E-state index < -0.39 is 11.7 Å². The molecule has 1 heterocycles. The Morgan fingerprint density at radius 2 is 2.00 bits per heavy atom. The molecule has 0 aliphatic heterocycles. The van der Waals surface area contributed by atoms with Gasteiger partial charge in [0.2, 0.25) is 0 Å². The summed E-state index contributed by atoms with van der Waals surface area (Å²) in [6.07, 6.45) is -3.55. The van der Waals surface area contributed by atoms with Gasteiger partial charge in [0.25, 0.3) is 0 Å². The first-order chi connectivity index (χ1) is 9.38. The van der Waals surface area contributed by atoms with Crippen molar-refractivity contribution in [2.75, 3.05) is 11.9 Å². The number of aryl methyl sites for hydroxylation is 2. The first-order valence-corrected chi connectivity index (χ1v) is 7.06. The first kappa shape index (κ1) is 14.8. The van der Waals surface area contributed by atoms with E-state index in [1.165, 1.54) is 6.07 Å². The topological polar surface area (TPSA) is 24.9 Å². The van der Waals surface area contributed by atoms with E-state index in [0.717, 1.165) is 34.7 Å². The number of benzene rings is 1. The first-order valence-electron chi connectivity index (χ1n) is 6.18. The number of nitrogens with zero attached hydrogens (tertiary/aromatic N) is 1. The van der Waals surface area contributed by atoms with Crippen molar-refractivity contribution < 1.29 is 13.2 Å². The number of alkyl halides is 3. The molecule has 0 atom stereocenters. The zero-order chi connectivity index (χ0) is 14.8. The van der Waals surface area contributed by atoms with E-state index in [1.807, 2.05) is 6.92 Å². The standard InChI is InChI=1S/C14H15F3N2S/c1-9-3-4-11(14(15,16)17)7-12(9)18-6-5-13-10(2)19-8-20-13/h3-4,7-8,18H,5-6H2,1-2H3. The Hall–Kier alpha value is -1.56. The lowest BCUT2D eigenvalue weighted by Crippen LogP contribution is -2.09. The van der Waals surface area contributed by atoms with Crippen molar-refractivity contribution >= 4 is 17.0 Å². The second-order valence-electron chi connectivity index (χ2n) is 4.57. The van der Waals surface area contributed by atoms with Crippen molar-refractivity contribution in [1.82, 2.24) is 4.98 Å². The predicted octanol–water partition coefficient (Wildman–Crippen LogP) is 4.43. The Balaban J connectivity index is 2.04. The van der Waals surface area contributed by atoms with Crippen LogP contribution in [0.1, 0.15) is 21.7 Å². The molecule has 1 N–H and O–H groups in total. The van der Waals surface area contributed by atoms with Gasteiger partial charge in [-0.1, -0.05) is 6.07 Å². The summed E-state index contributed by atoms with van der Waals surface area (Å²) >= 11 is 1.57. The van der Waals surface area contributed by atoms with E-state index in [-0.39, 0.29) is 0 Å². The van der Waals surface area contributed by atoms with Crippen molar-refractivity contribution in [3.8, 4) is 0 Å². The fraction of sp³-hybridized carbons (Fsp3) is 0.357. The SMILES string of the molecule is Cc1ccc(C(F)(F)F)cc1NCCc1scnc1C. The summed E-state index contributed by atoms with van der Waals surface area (Å²) in [6.45, 7) is 4.31. The molecule has 0 aliphatic rings. The molecule has 0 radical (unpaired) electrons. The minimum atomic E-state index is -4.31. The monoisotopic (exact) mass is 300 g/mol. The van der Waals surface area contributed by atoms with E-state index in [2.05, 4.69) is 10.3 Å². The van der Waals surface area contributed by atoms with E-state index >= 15 is 0 Å². The summed E-state index contributed by atoms with van der Waals surface area (Å²) in [5, 5.41) is 3.07. The molecule has 0 bridgehead atoms. The van der Waals surface area contributed by atoms with Gasteiger partial charge in [0.1, 0.15) is 0 Å². The van der Waals surface area contributed by atoms with Crippen LogP contribution in [-0.2, 0) is 12.6 Å². The van der Waals surface area contributed by atoms with Crippen LogP contribution in [-0.4, -0.2) is 11.5 Å². The van der Waals surface area contributed by atoms with E-state index in [9.17, 15) is 13.2 Å². The van der Waals surface area contributed by atoms with Crippen molar-refractivity contribution in [2.24, 2.45) is 0 Å². The fourth-order valence-electron chi connectivity index (χ4n) is 1.87. The minimum Gasteiger partial charge on any atom is -0.384 e. The van der Waals surface area contributed by atoms with Gasteiger partial charge in [-0.3, -0.25) is 0 Å². The Morgan fingerprint density at radius 3 is 2.60 bits per heavy atom. The third kappa shape index (κ3) is 3.50. The average molecular weight is 300 g/mol. The van der Waals surface area contributed by atoms with Gasteiger partial charge in [0, 0.05) is 23.5 Å². The van der Waals surface area contributed by atoms with Crippen LogP contribution < -0.4 is 5.32 Å².